The van der Waals surface area contributed by atoms with Crippen molar-refractivity contribution in [3.63, 3.8) is 0 Å². The fourth-order valence-corrected chi connectivity index (χ4v) is 2.87. The first-order valence-corrected chi connectivity index (χ1v) is 7.36. The molecule has 21 heavy (non-hydrogen) atoms. The van der Waals surface area contributed by atoms with Gasteiger partial charge in [-0.3, -0.25) is 0 Å². The molecule has 0 saturated heterocycles. The summed E-state index contributed by atoms with van der Waals surface area (Å²) in [5.41, 5.74) is 1.24. The highest BCUT2D eigenvalue weighted by Crippen LogP contribution is 2.37. The second-order valence-electron chi connectivity index (χ2n) is 4.53. The number of carbonyl (C=O) groups is 1. The summed E-state index contributed by atoms with van der Waals surface area (Å²) in [5.74, 6) is 0.489. The van der Waals surface area contributed by atoms with Gasteiger partial charge in [0.05, 0.1) is 0 Å². The molecule has 0 saturated carbocycles. The van der Waals surface area contributed by atoms with Gasteiger partial charge < -0.3 is 9.84 Å². The number of rotatable bonds is 3. The lowest BCUT2D eigenvalue weighted by Gasteiger charge is -2.15. The van der Waals surface area contributed by atoms with Crippen molar-refractivity contribution in [3.8, 4) is 0 Å². The second kappa shape index (κ2) is 6.01. The zero-order valence-corrected chi connectivity index (χ0v) is 11.9. The van der Waals surface area contributed by atoms with Crippen LogP contribution in [-0.4, -0.2) is 21.7 Å². The molecule has 3 rings (SSSR count). The summed E-state index contributed by atoms with van der Waals surface area (Å²) in [5, 5.41) is 8.06. The van der Waals surface area contributed by atoms with E-state index in [0.29, 0.717) is 5.90 Å². The average Bonchev–Trinajstić information content (AvgIpc) is 2.92. The van der Waals surface area contributed by atoms with Gasteiger partial charge in [-0.1, -0.05) is 48.5 Å². The predicted molar refractivity (Wildman–Crippen MR) is 82.7 cm³/mol. The SMILES string of the molecule is O=C(O)S[C@H]1OC(c2ccccc2)=N[C@H]1c1ccccc1. The van der Waals surface area contributed by atoms with E-state index >= 15 is 0 Å². The van der Waals surface area contributed by atoms with Gasteiger partial charge in [-0.2, -0.15) is 0 Å². The fourth-order valence-electron chi connectivity index (χ4n) is 2.19. The molecule has 106 valence electrons. The largest absolute Gasteiger partial charge is 0.473 e. The molecule has 1 heterocycles. The van der Waals surface area contributed by atoms with Gasteiger partial charge in [0, 0.05) is 17.3 Å². The zero-order chi connectivity index (χ0) is 14.7. The van der Waals surface area contributed by atoms with Gasteiger partial charge in [-0.15, -0.1) is 0 Å². The van der Waals surface area contributed by atoms with E-state index in [4.69, 9.17) is 9.84 Å². The number of aliphatic imine (C=N–C) groups is 1. The van der Waals surface area contributed by atoms with E-state index in [2.05, 4.69) is 4.99 Å². The molecule has 0 bridgehead atoms. The maximum Gasteiger partial charge on any atom is 0.368 e. The summed E-state index contributed by atoms with van der Waals surface area (Å²) in [6.45, 7) is 0. The molecule has 0 fully saturated rings. The molecule has 0 spiro atoms. The minimum absolute atomic E-state index is 0.317. The highest BCUT2D eigenvalue weighted by atomic mass is 32.2. The van der Waals surface area contributed by atoms with E-state index in [-0.39, 0.29) is 6.04 Å². The van der Waals surface area contributed by atoms with Gasteiger partial charge in [0.2, 0.25) is 5.90 Å². The first-order chi connectivity index (χ1) is 10.2. The van der Waals surface area contributed by atoms with Crippen molar-refractivity contribution in [3.05, 3.63) is 71.8 Å². The Morgan fingerprint density at radius 2 is 1.67 bits per heavy atom. The standard InChI is InChI=1S/C16H13NO3S/c18-16(19)21-15-13(11-7-3-1-4-8-11)17-14(20-15)12-9-5-2-6-10-12/h1-10,13,15H,(H,18,19)/t13-,15+/m0/s1. The lowest BCUT2D eigenvalue weighted by atomic mass is 10.1. The Morgan fingerprint density at radius 3 is 2.29 bits per heavy atom. The number of ether oxygens (including phenoxy) is 1. The Labute approximate surface area is 126 Å². The van der Waals surface area contributed by atoms with Crippen LogP contribution in [0.4, 0.5) is 4.79 Å². The number of thioether (sulfide) groups is 1. The normalized spacial score (nSPS) is 20.7. The summed E-state index contributed by atoms with van der Waals surface area (Å²) in [4.78, 5) is 15.6. The minimum Gasteiger partial charge on any atom is -0.473 e. The van der Waals surface area contributed by atoms with Crippen LogP contribution in [0.2, 0.25) is 0 Å². The van der Waals surface area contributed by atoms with Crippen molar-refractivity contribution in [2.75, 3.05) is 0 Å². The molecular weight excluding hydrogens is 286 g/mol. The molecule has 2 atom stereocenters. The number of carboxylic acid groups (broad SMARTS) is 1. The zero-order valence-electron chi connectivity index (χ0n) is 11.0. The monoisotopic (exact) mass is 299 g/mol. The Hall–Kier alpha value is -2.27. The topological polar surface area (TPSA) is 58.9 Å². The molecule has 5 heteroatoms. The second-order valence-corrected chi connectivity index (χ2v) is 5.58. The first kappa shape index (κ1) is 13.7. The smallest absolute Gasteiger partial charge is 0.368 e. The van der Waals surface area contributed by atoms with Crippen LogP contribution in [-0.2, 0) is 4.74 Å². The number of hydrogen-bond donors (Lipinski definition) is 1. The Morgan fingerprint density at radius 1 is 1.05 bits per heavy atom. The molecule has 0 aromatic heterocycles. The average molecular weight is 299 g/mol. The Bertz CT molecular complexity index is 658. The molecule has 0 unspecified atom stereocenters. The fraction of sp³-hybridized carbons (Fsp3) is 0.125. The van der Waals surface area contributed by atoms with E-state index in [0.717, 1.165) is 22.9 Å². The van der Waals surface area contributed by atoms with E-state index in [9.17, 15) is 4.79 Å². The molecule has 2 aromatic carbocycles. The maximum absolute atomic E-state index is 11.0. The van der Waals surface area contributed by atoms with Crippen LogP contribution in [0, 0.1) is 0 Å². The van der Waals surface area contributed by atoms with Gasteiger partial charge >= 0.3 is 5.30 Å². The number of benzene rings is 2. The van der Waals surface area contributed by atoms with Gasteiger partial charge in [-0.25, -0.2) is 9.79 Å². The molecule has 0 radical (unpaired) electrons. The van der Waals surface area contributed by atoms with E-state index < -0.39 is 10.7 Å². The summed E-state index contributed by atoms with van der Waals surface area (Å²) < 4.78 is 5.76. The van der Waals surface area contributed by atoms with Crippen LogP contribution in [0.25, 0.3) is 0 Å². The highest BCUT2D eigenvalue weighted by molar-refractivity contribution is 8.13. The van der Waals surface area contributed by atoms with Crippen molar-refractivity contribution >= 4 is 23.0 Å². The number of nitrogens with zero attached hydrogens (tertiary/aromatic N) is 1. The third kappa shape index (κ3) is 3.08. The van der Waals surface area contributed by atoms with Crippen LogP contribution in [0.3, 0.4) is 0 Å². The van der Waals surface area contributed by atoms with Gasteiger partial charge in [0.15, 0.2) is 5.44 Å². The Balaban J connectivity index is 1.93. The summed E-state index contributed by atoms with van der Waals surface area (Å²) in [7, 11) is 0. The number of hydrogen-bond acceptors (Lipinski definition) is 4. The summed E-state index contributed by atoms with van der Waals surface area (Å²) >= 11 is 0.743. The van der Waals surface area contributed by atoms with E-state index in [1.165, 1.54) is 0 Å². The molecule has 0 aliphatic carbocycles. The Kier molecular flexibility index (Phi) is 3.92. The lowest BCUT2D eigenvalue weighted by molar-refractivity contribution is 0.219. The van der Waals surface area contributed by atoms with Crippen molar-refractivity contribution in [1.82, 2.24) is 0 Å². The van der Waals surface area contributed by atoms with Crippen molar-refractivity contribution in [2.24, 2.45) is 4.99 Å². The molecule has 1 aliphatic rings. The van der Waals surface area contributed by atoms with Crippen LogP contribution >= 0.6 is 11.8 Å². The molecule has 4 nitrogen and oxygen atoms in total. The predicted octanol–water partition coefficient (Wildman–Crippen LogP) is 3.94. The third-order valence-electron chi connectivity index (χ3n) is 3.12. The van der Waals surface area contributed by atoms with Crippen LogP contribution in [0.15, 0.2) is 65.7 Å². The van der Waals surface area contributed by atoms with Crippen molar-refractivity contribution < 1.29 is 14.6 Å². The molecule has 2 aromatic rings. The van der Waals surface area contributed by atoms with Gasteiger partial charge in [0.1, 0.15) is 6.04 Å². The minimum atomic E-state index is -0.967. The molecular formula is C16H13NO3S. The maximum atomic E-state index is 11.0. The molecule has 1 aliphatic heterocycles. The lowest BCUT2D eigenvalue weighted by Crippen LogP contribution is -2.15. The highest BCUT2D eigenvalue weighted by Gasteiger charge is 2.35. The van der Waals surface area contributed by atoms with Crippen LogP contribution in [0.5, 0.6) is 0 Å². The van der Waals surface area contributed by atoms with E-state index in [1.807, 2.05) is 60.7 Å². The van der Waals surface area contributed by atoms with Crippen LogP contribution < -0.4 is 0 Å². The van der Waals surface area contributed by atoms with Crippen molar-refractivity contribution in [1.29, 1.82) is 0 Å². The summed E-state index contributed by atoms with van der Waals surface area (Å²) in [6, 6.07) is 18.8. The van der Waals surface area contributed by atoms with Crippen molar-refractivity contribution in [2.45, 2.75) is 11.5 Å². The van der Waals surface area contributed by atoms with E-state index in [1.54, 1.807) is 0 Å². The quantitative estimate of drug-likeness (QED) is 0.932. The molecule has 1 N–H and O–H groups in total. The van der Waals surface area contributed by atoms with Crippen LogP contribution in [0.1, 0.15) is 17.2 Å². The third-order valence-corrected chi connectivity index (χ3v) is 3.91. The molecule has 0 amide bonds. The van der Waals surface area contributed by atoms with Gasteiger partial charge in [0.25, 0.3) is 0 Å². The summed E-state index contributed by atoms with van der Waals surface area (Å²) in [6.07, 6.45) is 0. The first-order valence-electron chi connectivity index (χ1n) is 6.48. The van der Waals surface area contributed by atoms with Gasteiger partial charge in [-0.05, 0) is 17.7 Å².